The Bertz CT molecular complexity index is 341. The van der Waals surface area contributed by atoms with Crippen LogP contribution in [0.15, 0.2) is 16.6 Å². The van der Waals surface area contributed by atoms with Crippen molar-refractivity contribution in [1.29, 1.82) is 0 Å². The molecule has 1 atom stereocenters. The minimum absolute atomic E-state index is 0.112. The molecule has 0 saturated heterocycles. The first-order chi connectivity index (χ1) is 6.45. The zero-order valence-corrected chi connectivity index (χ0v) is 10.4. The maximum atomic E-state index is 13.2. The highest BCUT2D eigenvalue weighted by atomic mass is 79.9. The van der Waals surface area contributed by atoms with Crippen molar-refractivity contribution >= 4 is 27.5 Å². The Hall–Kier alpha value is -0.120. The van der Waals surface area contributed by atoms with E-state index in [1.54, 1.807) is 6.07 Å². The van der Waals surface area contributed by atoms with Gasteiger partial charge in [-0.25, -0.2) is 4.39 Å². The standard InChI is InChI=1S/C10H12BrClFN/c1-5(2)10(14)8-6(11)3-4-7(13)9(8)12/h3-5,10H,14H2,1-2H3/t10-/m1/s1. The van der Waals surface area contributed by atoms with Gasteiger partial charge in [0.2, 0.25) is 0 Å². The van der Waals surface area contributed by atoms with E-state index in [0.29, 0.717) is 5.56 Å². The Kier molecular flexibility index (Phi) is 3.93. The summed E-state index contributed by atoms with van der Waals surface area (Å²) >= 11 is 9.17. The zero-order valence-electron chi connectivity index (χ0n) is 8.02. The molecule has 1 aromatic carbocycles. The highest BCUT2D eigenvalue weighted by Gasteiger charge is 2.19. The highest BCUT2D eigenvalue weighted by Crippen LogP contribution is 2.34. The molecule has 4 heteroatoms. The van der Waals surface area contributed by atoms with E-state index in [0.717, 1.165) is 4.47 Å². The monoisotopic (exact) mass is 279 g/mol. The van der Waals surface area contributed by atoms with Crippen molar-refractivity contribution in [3.63, 3.8) is 0 Å². The molecular formula is C10H12BrClFN. The van der Waals surface area contributed by atoms with Gasteiger partial charge in [0.25, 0.3) is 0 Å². The molecule has 1 rings (SSSR count). The van der Waals surface area contributed by atoms with E-state index in [2.05, 4.69) is 15.9 Å². The smallest absolute Gasteiger partial charge is 0.142 e. The number of hydrogen-bond donors (Lipinski definition) is 1. The summed E-state index contributed by atoms with van der Waals surface area (Å²) in [5.74, 6) is -0.216. The molecular weight excluding hydrogens is 268 g/mol. The number of benzene rings is 1. The molecule has 78 valence electrons. The summed E-state index contributed by atoms with van der Waals surface area (Å²) in [6, 6.07) is 2.69. The van der Waals surface area contributed by atoms with Gasteiger partial charge >= 0.3 is 0 Å². The lowest BCUT2D eigenvalue weighted by molar-refractivity contribution is 0.508. The molecule has 0 saturated carbocycles. The van der Waals surface area contributed by atoms with Crippen molar-refractivity contribution in [2.24, 2.45) is 11.7 Å². The average Bonchev–Trinajstić information content (AvgIpc) is 2.12. The summed E-state index contributed by atoms with van der Waals surface area (Å²) in [6.07, 6.45) is 0. The molecule has 1 aromatic rings. The number of nitrogens with two attached hydrogens (primary N) is 1. The number of halogens is 3. The van der Waals surface area contributed by atoms with Gasteiger partial charge in [0.1, 0.15) is 5.82 Å². The van der Waals surface area contributed by atoms with E-state index in [1.165, 1.54) is 6.07 Å². The third kappa shape index (κ3) is 2.27. The van der Waals surface area contributed by atoms with Gasteiger partial charge in [0.15, 0.2) is 0 Å². The fourth-order valence-electron chi connectivity index (χ4n) is 1.18. The van der Waals surface area contributed by atoms with Gasteiger partial charge in [-0.1, -0.05) is 41.4 Å². The summed E-state index contributed by atoms with van der Waals surface area (Å²) in [6.45, 7) is 3.94. The fourth-order valence-corrected chi connectivity index (χ4v) is 2.18. The first-order valence-electron chi connectivity index (χ1n) is 4.34. The van der Waals surface area contributed by atoms with Gasteiger partial charge in [-0.05, 0) is 18.1 Å². The quantitative estimate of drug-likeness (QED) is 0.817. The van der Waals surface area contributed by atoms with Gasteiger partial charge in [0, 0.05) is 16.1 Å². The Morgan fingerprint density at radius 3 is 2.50 bits per heavy atom. The van der Waals surface area contributed by atoms with Gasteiger partial charge in [-0.15, -0.1) is 0 Å². The second-order valence-corrected chi connectivity index (χ2v) is 4.76. The molecule has 1 nitrogen and oxygen atoms in total. The zero-order chi connectivity index (χ0) is 10.9. The summed E-state index contributed by atoms with van der Waals surface area (Å²) in [7, 11) is 0. The van der Waals surface area contributed by atoms with Crippen molar-refractivity contribution in [2.45, 2.75) is 19.9 Å². The second kappa shape index (κ2) is 4.60. The van der Waals surface area contributed by atoms with Gasteiger partial charge in [0.05, 0.1) is 5.02 Å². The van der Waals surface area contributed by atoms with Crippen LogP contribution in [0.5, 0.6) is 0 Å². The fraction of sp³-hybridized carbons (Fsp3) is 0.400. The molecule has 14 heavy (non-hydrogen) atoms. The van der Waals surface area contributed by atoms with Crippen molar-refractivity contribution in [2.75, 3.05) is 0 Å². The SMILES string of the molecule is CC(C)[C@@H](N)c1c(Br)ccc(F)c1Cl. The van der Waals surface area contributed by atoms with Crippen LogP contribution in [0.25, 0.3) is 0 Å². The topological polar surface area (TPSA) is 26.0 Å². The van der Waals surface area contributed by atoms with Crippen molar-refractivity contribution < 1.29 is 4.39 Å². The number of hydrogen-bond acceptors (Lipinski definition) is 1. The predicted octanol–water partition coefficient (Wildman–Crippen LogP) is 3.90. The molecule has 0 fully saturated rings. The summed E-state index contributed by atoms with van der Waals surface area (Å²) < 4.78 is 13.9. The largest absolute Gasteiger partial charge is 0.324 e. The van der Waals surface area contributed by atoms with E-state index < -0.39 is 5.82 Å². The maximum Gasteiger partial charge on any atom is 0.142 e. The summed E-state index contributed by atoms with van der Waals surface area (Å²) in [4.78, 5) is 0. The minimum Gasteiger partial charge on any atom is -0.324 e. The molecule has 0 unspecified atom stereocenters. The summed E-state index contributed by atoms with van der Waals surface area (Å²) in [5.41, 5.74) is 6.57. The summed E-state index contributed by atoms with van der Waals surface area (Å²) in [5, 5.41) is 0.112. The van der Waals surface area contributed by atoms with E-state index >= 15 is 0 Å². The van der Waals surface area contributed by atoms with Crippen molar-refractivity contribution in [3.8, 4) is 0 Å². The Balaban J connectivity index is 3.25. The van der Waals surface area contributed by atoms with Crippen LogP contribution in [0.1, 0.15) is 25.5 Å². The Morgan fingerprint density at radius 1 is 1.43 bits per heavy atom. The van der Waals surface area contributed by atoms with Crippen molar-refractivity contribution in [3.05, 3.63) is 33.0 Å². The van der Waals surface area contributed by atoms with Gasteiger partial charge in [-0.2, -0.15) is 0 Å². The van der Waals surface area contributed by atoms with E-state index in [1.807, 2.05) is 13.8 Å². The van der Waals surface area contributed by atoms with Gasteiger partial charge < -0.3 is 5.73 Å². The molecule has 0 aromatic heterocycles. The van der Waals surface area contributed by atoms with Crippen LogP contribution in [-0.2, 0) is 0 Å². The molecule has 0 spiro atoms. The van der Waals surface area contributed by atoms with Crippen LogP contribution in [-0.4, -0.2) is 0 Å². The first-order valence-corrected chi connectivity index (χ1v) is 5.51. The predicted molar refractivity (Wildman–Crippen MR) is 60.9 cm³/mol. The number of rotatable bonds is 2. The molecule has 0 heterocycles. The third-order valence-corrected chi connectivity index (χ3v) is 3.21. The van der Waals surface area contributed by atoms with Crippen LogP contribution >= 0.6 is 27.5 Å². The molecule has 0 aliphatic heterocycles. The lowest BCUT2D eigenvalue weighted by Gasteiger charge is -2.19. The molecule has 0 bridgehead atoms. The van der Waals surface area contributed by atoms with Gasteiger partial charge in [-0.3, -0.25) is 0 Å². The minimum atomic E-state index is -0.430. The van der Waals surface area contributed by atoms with E-state index in [4.69, 9.17) is 17.3 Å². The maximum absolute atomic E-state index is 13.2. The second-order valence-electron chi connectivity index (χ2n) is 3.53. The lowest BCUT2D eigenvalue weighted by atomic mass is 9.97. The third-order valence-electron chi connectivity index (χ3n) is 2.13. The van der Waals surface area contributed by atoms with E-state index in [9.17, 15) is 4.39 Å². The first kappa shape index (κ1) is 12.0. The molecule has 0 aliphatic rings. The molecule has 0 radical (unpaired) electrons. The average molecular weight is 281 g/mol. The van der Waals surface area contributed by atoms with Crippen LogP contribution in [0, 0.1) is 11.7 Å². The molecule has 0 amide bonds. The van der Waals surface area contributed by atoms with Crippen LogP contribution in [0.3, 0.4) is 0 Å². The normalized spacial score (nSPS) is 13.4. The van der Waals surface area contributed by atoms with Crippen LogP contribution in [0.4, 0.5) is 4.39 Å². The Morgan fingerprint density at radius 2 is 2.00 bits per heavy atom. The molecule has 0 aliphatic carbocycles. The van der Waals surface area contributed by atoms with Crippen LogP contribution in [0.2, 0.25) is 5.02 Å². The van der Waals surface area contributed by atoms with Crippen molar-refractivity contribution in [1.82, 2.24) is 0 Å². The van der Waals surface area contributed by atoms with E-state index in [-0.39, 0.29) is 17.0 Å². The van der Waals surface area contributed by atoms with Crippen LogP contribution < -0.4 is 5.73 Å². The lowest BCUT2D eigenvalue weighted by Crippen LogP contribution is -2.18. The molecule has 2 N–H and O–H groups in total. The highest BCUT2D eigenvalue weighted by molar-refractivity contribution is 9.10. The Labute approximate surface area is 96.6 Å².